The zero-order valence-corrected chi connectivity index (χ0v) is 18.1. The lowest BCUT2D eigenvalue weighted by Crippen LogP contribution is -2.32. The van der Waals surface area contributed by atoms with Crippen molar-refractivity contribution in [3.8, 4) is 0 Å². The van der Waals surface area contributed by atoms with Crippen molar-refractivity contribution in [2.45, 2.75) is 31.6 Å². The Hall–Kier alpha value is -3.40. The Bertz CT molecular complexity index is 984. The minimum atomic E-state index is -0.834. The lowest BCUT2D eigenvalue weighted by atomic mass is 9.90. The summed E-state index contributed by atoms with van der Waals surface area (Å²) in [5.41, 5.74) is 3.89. The monoisotopic (exact) mass is 415 g/mol. The number of rotatable bonds is 9. The lowest BCUT2D eigenvalue weighted by Gasteiger charge is -2.22. The van der Waals surface area contributed by atoms with Gasteiger partial charge in [-0.15, -0.1) is 0 Å². The molecule has 0 aliphatic rings. The molecule has 0 saturated carbocycles. The smallest absolute Gasteiger partial charge is 0.311 e. The minimum Gasteiger partial charge on any atom is -0.481 e. The fraction of sp³-hybridized carbons (Fsp3) is 0.259. The number of hydrogen-bond acceptors (Lipinski definition) is 2. The molecule has 31 heavy (non-hydrogen) atoms. The van der Waals surface area contributed by atoms with E-state index in [1.54, 1.807) is 4.90 Å². The average Bonchev–Trinajstić information content (AvgIpc) is 2.81. The number of carbonyl (C=O) groups is 2. The summed E-state index contributed by atoms with van der Waals surface area (Å²) >= 11 is 0. The molecular weight excluding hydrogens is 386 g/mol. The van der Waals surface area contributed by atoms with Crippen LogP contribution in [0.4, 0.5) is 0 Å². The van der Waals surface area contributed by atoms with Gasteiger partial charge in [0.2, 0.25) is 5.91 Å². The quantitative estimate of drug-likeness (QED) is 0.541. The van der Waals surface area contributed by atoms with E-state index in [2.05, 4.69) is 12.1 Å². The maximum Gasteiger partial charge on any atom is 0.311 e. The van der Waals surface area contributed by atoms with Crippen LogP contribution in [-0.4, -0.2) is 35.5 Å². The van der Waals surface area contributed by atoms with Crippen molar-refractivity contribution >= 4 is 11.9 Å². The molecule has 0 aliphatic carbocycles. The predicted molar refractivity (Wildman–Crippen MR) is 123 cm³/mol. The number of nitrogens with zero attached hydrogens (tertiary/aromatic N) is 1. The van der Waals surface area contributed by atoms with Gasteiger partial charge in [-0.3, -0.25) is 9.59 Å². The second-order valence-corrected chi connectivity index (χ2v) is 7.96. The molecule has 0 aromatic heterocycles. The van der Waals surface area contributed by atoms with Crippen LogP contribution in [0.3, 0.4) is 0 Å². The van der Waals surface area contributed by atoms with Gasteiger partial charge >= 0.3 is 5.97 Å². The number of carboxylic acid groups (broad SMARTS) is 1. The van der Waals surface area contributed by atoms with E-state index < -0.39 is 11.9 Å². The molecule has 3 aromatic carbocycles. The van der Waals surface area contributed by atoms with Crippen LogP contribution in [-0.2, 0) is 22.4 Å². The molecule has 3 rings (SSSR count). The Morgan fingerprint density at radius 3 is 1.97 bits per heavy atom. The molecule has 4 nitrogen and oxygen atoms in total. The third kappa shape index (κ3) is 6.05. The third-order valence-corrected chi connectivity index (χ3v) is 5.74. The van der Waals surface area contributed by atoms with Gasteiger partial charge in [-0.2, -0.15) is 0 Å². The summed E-state index contributed by atoms with van der Waals surface area (Å²) in [5.74, 6) is -1.59. The average molecular weight is 416 g/mol. The highest BCUT2D eigenvalue weighted by molar-refractivity contribution is 5.83. The summed E-state index contributed by atoms with van der Waals surface area (Å²) < 4.78 is 0. The van der Waals surface area contributed by atoms with E-state index in [-0.39, 0.29) is 11.8 Å². The molecule has 0 bridgehead atoms. The standard InChI is InChI=1S/C27H29NO3/c1-20(26(29)28(2)18-17-21-9-5-3-6-10-21)23-15-13-22(14-16-23)19-25(27(30)31)24-11-7-4-8-12-24/h3-16,20,25H,17-19H2,1-2H3,(H,30,31). The zero-order valence-electron chi connectivity index (χ0n) is 18.1. The van der Waals surface area contributed by atoms with Gasteiger partial charge < -0.3 is 10.0 Å². The Kier molecular flexibility index (Phi) is 7.60. The molecule has 0 saturated heterocycles. The van der Waals surface area contributed by atoms with Crippen molar-refractivity contribution < 1.29 is 14.7 Å². The van der Waals surface area contributed by atoms with Crippen molar-refractivity contribution in [1.82, 2.24) is 4.90 Å². The van der Waals surface area contributed by atoms with Crippen LogP contribution in [0, 0.1) is 0 Å². The van der Waals surface area contributed by atoms with E-state index in [1.165, 1.54) is 5.56 Å². The maximum absolute atomic E-state index is 12.8. The Balaban J connectivity index is 1.61. The van der Waals surface area contributed by atoms with Crippen LogP contribution in [0.15, 0.2) is 84.9 Å². The van der Waals surface area contributed by atoms with E-state index in [1.807, 2.05) is 86.8 Å². The van der Waals surface area contributed by atoms with Crippen molar-refractivity contribution in [3.05, 3.63) is 107 Å². The summed E-state index contributed by atoms with van der Waals surface area (Å²) in [6.07, 6.45) is 1.24. The molecule has 0 fully saturated rings. The number of likely N-dealkylation sites (N-methyl/N-ethyl adjacent to an activating group) is 1. The first kappa shape index (κ1) is 22.3. The number of aliphatic carboxylic acids is 1. The predicted octanol–water partition coefficient (Wildman–Crippen LogP) is 4.90. The molecule has 0 radical (unpaired) electrons. The first-order chi connectivity index (χ1) is 15.0. The number of carbonyl (C=O) groups excluding carboxylic acids is 1. The molecular formula is C27H29NO3. The molecule has 2 unspecified atom stereocenters. The van der Waals surface area contributed by atoms with Crippen LogP contribution in [0.5, 0.6) is 0 Å². The Morgan fingerprint density at radius 2 is 1.39 bits per heavy atom. The summed E-state index contributed by atoms with van der Waals surface area (Å²) in [6.45, 7) is 2.59. The molecule has 0 aliphatic heterocycles. The maximum atomic E-state index is 12.8. The van der Waals surface area contributed by atoms with E-state index in [0.717, 1.165) is 23.1 Å². The number of amides is 1. The first-order valence-electron chi connectivity index (χ1n) is 10.6. The number of carboxylic acids is 1. The van der Waals surface area contributed by atoms with Crippen LogP contribution in [0.1, 0.15) is 41.0 Å². The summed E-state index contributed by atoms with van der Waals surface area (Å²) in [5, 5.41) is 9.65. The Labute approximate surface area is 184 Å². The van der Waals surface area contributed by atoms with Gasteiger partial charge in [0, 0.05) is 13.6 Å². The SMILES string of the molecule is CC(C(=O)N(C)CCc1ccccc1)c1ccc(CC(C(=O)O)c2ccccc2)cc1. The molecule has 3 aromatic rings. The fourth-order valence-corrected chi connectivity index (χ4v) is 3.74. The van der Waals surface area contributed by atoms with Gasteiger partial charge in [-0.05, 0) is 42.0 Å². The lowest BCUT2D eigenvalue weighted by molar-refractivity contribution is -0.138. The third-order valence-electron chi connectivity index (χ3n) is 5.74. The van der Waals surface area contributed by atoms with Gasteiger partial charge in [-0.25, -0.2) is 0 Å². The molecule has 4 heteroatoms. The van der Waals surface area contributed by atoms with Crippen molar-refractivity contribution in [3.63, 3.8) is 0 Å². The minimum absolute atomic E-state index is 0.0800. The molecule has 0 spiro atoms. The van der Waals surface area contributed by atoms with Crippen LogP contribution >= 0.6 is 0 Å². The first-order valence-corrected chi connectivity index (χ1v) is 10.6. The second kappa shape index (κ2) is 10.6. The van der Waals surface area contributed by atoms with E-state index in [9.17, 15) is 14.7 Å². The van der Waals surface area contributed by atoms with Gasteiger partial charge in [0.1, 0.15) is 0 Å². The van der Waals surface area contributed by atoms with Crippen LogP contribution < -0.4 is 0 Å². The van der Waals surface area contributed by atoms with Crippen LogP contribution in [0.2, 0.25) is 0 Å². The largest absolute Gasteiger partial charge is 0.481 e. The van der Waals surface area contributed by atoms with Crippen molar-refractivity contribution in [2.24, 2.45) is 0 Å². The van der Waals surface area contributed by atoms with Gasteiger partial charge in [0.15, 0.2) is 0 Å². The molecule has 160 valence electrons. The zero-order chi connectivity index (χ0) is 22.2. The fourth-order valence-electron chi connectivity index (χ4n) is 3.74. The van der Waals surface area contributed by atoms with Crippen molar-refractivity contribution in [2.75, 3.05) is 13.6 Å². The Morgan fingerprint density at radius 1 is 0.806 bits per heavy atom. The molecule has 2 atom stereocenters. The molecule has 0 heterocycles. The summed E-state index contributed by atoms with van der Waals surface area (Å²) in [7, 11) is 1.84. The topological polar surface area (TPSA) is 57.6 Å². The van der Waals surface area contributed by atoms with Gasteiger partial charge in [0.25, 0.3) is 0 Å². The highest BCUT2D eigenvalue weighted by atomic mass is 16.4. The highest BCUT2D eigenvalue weighted by Gasteiger charge is 2.22. The van der Waals surface area contributed by atoms with E-state index >= 15 is 0 Å². The van der Waals surface area contributed by atoms with Crippen molar-refractivity contribution in [1.29, 1.82) is 0 Å². The van der Waals surface area contributed by atoms with Gasteiger partial charge in [-0.1, -0.05) is 84.9 Å². The van der Waals surface area contributed by atoms with Gasteiger partial charge in [0.05, 0.1) is 11.8 Å². The highest BCUT2D eigenvalue weighted by Crippen LogP contribution is 2.24. The number of hydrogen-bond donors (Lipinski definition) is 1. The van der Waals surface area contributed by atoms with E-state index in [0.29, 0.717) is 13.0 Å². The normalized spacial score (nSPS) is 12.7. The van der Waals surface area contributed by atoms with Crippen LogP contribution in [0.25, 0.3) is 0 Å². The summed E-state index contributed by atoms with van der Waals surface area (Å²) in [6, 6.07) is 27.2. The summed E-state index contributed by atoms with van der Waals surface area (Å²) in [4.78, 5) is 26.4. The molecule has 1 N–H and O–H groups in total. The molecule has 1 amide bonds. The second-order valence-electron chi connectivity index (χ2n) is 7.96. The number of benzene rings is 3. The van der Waals surface area contributed by atoms with E-state index in [4.69, 9.17) is 0 Å².